The van der Waals surface area contributed by atoms with E-state index in [9.17, 15) is 18.0 Å². The van der Waals surface area contributed by atoms with Crippen molar-refractivity contribution in [2.24, 2.45) is 5.92 Å². The fourth-order valence-electron chi connectivity index (χ4n) is 3.32. The van der Waals surface area contributed by atoms with Gasteiger partial charge in [-0.3, -0.25) is 9.59 Å². The lowest BCUT2D eigenvalue weighted by Crippen LogP contribution is -2.60. The summed E-state index contributed by atoms with van der Waals surface area (Å²) < 4.78 is 32.0. The molecule has 0 atom stereocenters. The maximum Gasteiger partial charge on any atom is 0.243 e. The average molecular weight is 407 g/mol. The van der Waals surface area contributed by atoms with Crippen molar-refractivity contribution in [3.63, 3.8) is 0 Å². The average Bonchev–Trinajstić information content (AvgIpc) is 2.69. The van der Waals surface area contributed by atoms with Crippen LogP contribution in [0.15, 0.2) is 41.8 Å². The van der Waals surface area contributed by atoms with Gasteiger partial charge in [0, 0.05) is 45.0 Å². The van der Waals surface area contributed by atoms with E-state index >= 15 is 0 Å². The fraction of sp³-hybridized carbons (Fsp3) is 0.474. The summed E-state index contributed by atoms with van der Waals surface area (Å²) >= 11 is 0. The van der Waals surface area contributed by atoms with Crippen LogP contribution < -0.4 is 10.2 Å². The molecule has 8 nitrogen and oxygen atoms in total. The van der Waals surface area contributed by atoms with Crippen LogP contribution in [0.5, 0.6) is 0 Å². The third-order valence-corrected chi connectivity index (χ3v) is 6.99. The van der Waals surface area contributed by atoms with Crippen LogP contribution in [-0.4, -0.2) is 63.9 Å². The minimum absolute atomic E-state index is 0.0162. The van der Waals surface area contributed by atoms with Gasteiger partial charge >= 0.3 is 0 Å². The van der Waals surface area contributed by atoms with E-state index in [4.69, 9.17) is 4.74 Å². The highest BCUT2D eigenvalue weighted by Gasteiger charge is 2.37. The highest BCUT2D eigenvalue weighted by Crippen LogP contribution is 2.25. The van der Waals surface area contributed by atoms with Crippen LogP contribution in [0, 0.1) is 5.92 Å². The molecule has 0 aromatic heterocycles. The first-order valence-corrected chi connectivity index (χ1v) is 10.7. The van der Waals surface area contributed by atoms with E-state index in [2.05, 4.69) is 11.9 Å². The van der Waals surface area contributed by atoms with Gasteiger partial charge in [-0.05, 0) is 43.2 Å². The highest BCUT2D eigenvalue weighted by atomic mass is 32.2. The first-order chi connectivity index (χ1) is 13.3. The molecule has 1 N–H and O–H groups in total. The Kier molecular flexibility index (Phi) is 6.17. The van der Waals surface area contributed by atoms with Gasteiger partial charge in [0.1, 0.15) is 0 Å². The zero-order valence-corrected chi connectivity index (χ0v) is 16.7. The number of nitrogens with one attached hydrogen (secondary N) is 1. The van der Waals surface area contributed by atoms with Crippen molar-refractivity contribution in [2.45, 2.75) is 23.8 Å². The minimum atomic E-state index is -3.62. The molecule has 9 heteroatoms. The van der Waals surface area contributed by atoms with Gasteiger partial charge in [0.15, 0.2) is 0 Å². The number of carbonyl (C=O) groups excluding carboxylic acids is 2. The first-order valence-electron chi connectivity index (χ1n) is 9.21. The predicted octanol–water partition coefficient (Wildman–Crippen LogP) is 0.751. The molecule has 0 aliphatic carbocycles. The van der Waals surface area contributed by atoms with Gasteiger partial charge in [0.05, 0.1) is 10.9 Å². The summed E-state index contributed by atoms with van der Waals surface area (Å²) in [5, 5.41) is 2.67. The number of rotatable bonds is 6. The molecule has 2 aliphatic rings. The van der Waals surface area contributed by atoms with Crippen LogP contribution in [0.25, 0.3) is 0 Å². The van der Waals surface area contributed by atoms with Gasteiger partial charge in [-0.1, -0.05) is 6.58 Å². The first kappa shape index (κ1) is 20.5. The number of benzene rings is 1. The molecule has 2 fully saturated rings. The Hall–Kier alpha value is -2.23. The smallest absolute Gasteiger partial charge is 0.243 e. The lowest BCUT2D eigenvalue weighted by atomic mass is 9.98. The summed E-state index contributed by atoms with van der Waals surface area (Å²) in [6, 6.07) is 6.09. The third-order valence-electron chi connectivity index (χ3n) is 5.14. The monoisotopic (exact) mass is 407 g/mol. The van der Waals surface area contributed by atoms with E-state index < -0.39 is 10.0 Å². The molecule has 2 heterocycles. The number of hydrogen-bond donors (Lipinski definition) is 1. The zero-order valence-electron chi connectivity index (χ0n) is 15.8. The standard InChI is InChI=1S/C19H25N3O5S/c1-3-18(23)20-15-12-22(13-15)28(25,26)17-6-4-16(5-7-17)21(2)19(24)14-8-10-27-11-9-14/h3-7,14-15H,1,8-13H2,2H3,(H,20,23). The number of carbonyl (C=O) groups is 2. The van der Waals surface area contributed by atoms with Crippen LogP contribution in [0.2, 0.25) is 0 Å². The molecule has 2 saturated heterocycles. The van der Waals surface area contributed by atoms with E-state index in [1.165, 1.54) is 16.4 Å². The van der Waals surface area contributed by atoms with Crippen molar-refractivity contribution in [1.82, 2.24) is 9.62 Å². The van der Waals surface area contributed by atoms with E-state index in [1.54, 1.807) is 24.1 Å². The van der Waals surface area contributed by atoms with E-state index in [1.807, 2.05) is 0 Å². The molecular formula is C19H25N3O5S. The van der Waals surface area contributed by atoms with Crippen molar-refractivity contribution in [1.29, 1.82) is 0 Å². The van der Waals surface area contributed by atoms with Crippen molar-refractivity contribution < 1.29 is 22.7 Å². The SMILES string of the molecule is C=CC(=O)NC1CN(S(=O)(=O)c2ccc(N(C)C(=O)C3CCOCC3)cc2)C1. The summed E-state index contributed by atoms with van der Waals surface area (Å²) in [4.78, 5) is 25.6. The van der Waals surface area contributed by atoms with E-state index in [0.29, 0.717) is 31.7 Å². The van der Waals surface area contributed by atoms with Crippen molar-refractivity contribution >= 4 is 27.5 Å². The third kappa shape index (κ3) is 4.26. The molecule has 152 valence electrons. The van der Waals surface area contributed by atoms with Crippen LogP contribution in [0.4, 0.5) is 5.69 Å². The summed E-state index contributed by atoms with van der Waals surface area (Å²) in [6.07, 6.45) is 2.57. The molecule has 2 amide bonds. The molecule has 0 bridgehead atoms. The summed E-state index contributed by atoms with van der Waals surface area (Å²) in [7, 11) is -1.93. The van der Waals surface area contributed by atoms with Gasteiger partial charge < -0.3 is 15.0 Å². The van der Waals surface area contributed by atoms with Crippen molar-refractivity contribution in [3.8, 4) is 0 Å². The highest BCUT2D eigenvalue weighted by molar-refractivity contribution is 7.89. The van der Waals surface area contributed by atoms with Gasteiger partial charge in [0.25, 0.3) is 0 Å². The molecule has 0 unspecified atom stereocenters. The molecule has 1 aromatic carbocycles. The predicted molar refractivity (Wildman–Crippen MR) is 104 cm³/mol. The number of amides is 2. The maximum atomic E-state index is 12.7. The largest absolute Gasteiger partial charge is 0.381 e. The molecule has 3 rings (SSSR count). The quantitative estimate of drug-likeness (QED) is 0.702. The number of nitrogens with zero attached hydrogens (tertiary/aromatic N) is 2. The minimum Gasteiger partial charge on any atom is -0.381 e. The topological polar surface area (TPSA) is 96.0 Å². The Labute approximate surface area is 165 Å². The normalized spacial score (nSPS) is 18.9. The molecule has 1 aromatic rings. The maximum absolute atomic E-state index is 12.7. The lowest BCUT2D eigenvalue weighted by molar-refractivity contribution is -0.124. The Bertz CT molecular complexity index is 841. The molecular weight excluding hydrogens is 382 g/mol. The zero-order chi connectivity index (χ0) is 20.3. The Morgan fingerprint density at radius 1 is 1.21 bits per heavy atom. The molecule has 0 spiro atoms. The van der Waals surface area contributed by atoms with E-state index in [-0.39, 0.29) is 41.8 Å². The molecule has 0 radical (unpaired) electrons. The van der Waals surface area contributed by atoms with Crippen molar-refractivity contribution in [2.75, 3.05) is 38.3 Å². The number of hydrogen-bond acceptors (Lipinski definition) is 5. The molecule has 28 heavy (non-hydrogen) atoms. The van der Waals surface area contributed by atoms with Crippen molar-refractivity contribution in [3.05, 3.63) is 36.9 Å². The Morgan fingerprint density at radius 2 is 1.82 bits per heavy atom. The summed E-state index contributed by atoms with van der Waals surface area (Å²) in [6.45, 7) is 5.01. The van der Waals surface area contributed by atoms with Gasteiger partial charge in [0.2, 0.25) is 21.8 Å². The number of sulfonamides is 1. The lowest BCUT2D eigenvalue weighted by Gasteiger charge is -2.38. The van der Waals surface area contributed by atoms with Gasteiger partial charge in [-0.15, -0.1) is 0 Å². The second-order valence-corrected chi connectivity index (χ2v) is 8.95. The van der Waals surface area contributed by atoms with Crippen LogP contribution in [0.3, 0.4) is 0 Å². The molecule has 0 saturated carbocycles. The van der Waals surface area contributed by atoms with Crippen LogP contribution in [-0.2, 0) is 24.3 Å². The second-order valence-electron chi connectivity index (χ2n) is 7.01. The van der Waals surface area contributed by atoms with Crippen LogP contribution >= 0.6 is 0 Å². The molecule has 2 aliphatic heterocycles. The van der Waals surface area contributed by atoms with Crippen LogP contribution in [0.1, 0.15) is 12.8 Å². The fourth-order valence-corrected chi connectivity index (χ4v) is 4.85. The van der Waals surface area contributed by atoms with Gasteiger partial charge in [-0.25, -0.2) is 8.42 Å². The number of anilines is 1. The second kappa shape index (κ2) is 8.42. The Balaban J connectivity index is 1.62. The van der Waals surface area contributed by atoms with E-state index in [0.717, 1.165) is 6.08 Å². The summed E-state index contributed by atoms with van der Waals surface area (Å²) in [5.41, 5.74) is 0.648. The Morgan fingerprint density at radius 3 is 2.39 bits per heavy atom. The van der Waals surface area contributed by atoms with Gasteiger partial charge in [-0.2, -0.15) is 4.31 Å². The summed E-state index contributed by atoms with van der Waals surface area (Å²) in [5.74, 6) is -0.364. The number of ether oxygens (including phenoxy) is 1.